The van der Waals surface area contributed by atoms with E-state index in [4.69, 9.17) is 0 Å². The molecule has 0 aliphatic heterocycles. The van der Waals surface area contributed by atoms with Gasteiger partial charge in [-0.2, -0.15) is 0 Å². The second-order valence-electron chi connectivity index (χ2n) is 4.95. The summed E-state index contributed by atoms with van der Waals surface area (Å²) in [6.07, 6.45) is 8.78. The molecule has 2 heteroatoms. The van der Waals surface area contributed by atoms with E-state index in [1.807, 2.05) is 0 Å². The van der Waals surface area contributed by atoms with Crippen LogP contribution in [0.25, 0.3) is 0 Å². The van der Waals surface area contributed by atoms with Gasteiger partial charge in [0.2, 0.25) is 0 Å². The van der Waals surface area contributed by atoms with Crippen LogP contribution < -0.4 is 5.32 Å². The molecule has 2 nitrogen and oxygen atoms in total. The van der Waals surface area contributed by atoms with Crippen molar-refractivity contribution >= 4 is 0 Å². The maximum atomic E-state index is 3.67. The Bertz CT molecular complexity index is 210. The zero-order valence-electron chi connectivity index (χ0n) is 9.37. The van der Waals surface area contributed by atoms with Crippen LogP contribution in [0.3, 0.4) is 0 Å². The lowest BCUT2D eigenvalue weighted by Crippen LogP contribution is -2.48. The van der Waals surface area contributed by atoms with Crippen molar-refractivity contribution in [1.29, 1.82) is 0 Å². The average Bonchev–Trinajstić information content (AvgIpc) is 2.46. The van der Waals surface area contributed by atoms with Crippen LogP contribution >= 0.6 is 0 Å². The number of nitrogens with one attached hydrogen (secondary N) is 1. The first-order valence-electron chi connectivity index (χ1n) is 5.82. The second kappa shape index (κ2) is 4.45. The van der Waals surface area contributed by atoms with Crippen LogP contribution in [0, 0.1) is 11.8 Å². The zero-order chi connectivity index (χ0) is 9.97. The first-order chi connectivity index (χ1) is 6.77. The third-order valence-electron chi connectivity index (χ3n) is 3.55. The summed E-state index contributed by atoms with van der Waals surface area (Å²) in [5.41, 5.74) is 0. The molecule has 1 fully saturated rings. The average molecular weight is 194 g/mol. The van der Waals surface area contributed by atoms with Crippen molar-refractivity contribution in [2.75, 3.05) is 27.2 Å². The predicted molar refractivity (Wildman–Crippen MR) is 60.3 cm³/mol. The van der Waals surface area contributed by atoms with Gasteiger partial charge in [-0.3, -0.25) is 0 Å². The summed E-state index contributed by atoms with van der Waals surface area (Å²) >= 11 is 0. The second-order valence-corrected chi connectivity index (χ2v) is 4.95. The lowest BCUT2D eigenvalue weighted by molar-refractivity contribution is 0.162. The minimum Gasteiger partial charge on any atom is -0.313 e. The van der Waals surface area contributed by atoms with E-state index in [0.717, 1.165) is 17.9 Å². The number of fused-ring (bicyclic) bond motifs is 1. The number of hydrogen-bond donors (Lipinski definition) is 1. The minimum atomic E-state index is 0.793. The van der Waals surface area contributed by atoms with Gasteiger partial charge in [-0.05, 0) is 58.3 Å². The van der Waals surface area contributed by atoms with Crippen LogP contribution in [0.15, 0.2) is 12.2 Å². The first kappa shape index (κ1) is 10.2. The molecule has 3 unspecified atom stereocenters. The smallest absolute Gasteiger partial charge is 0.0136 e. The van der Waals surface area contributed by atoms with E-state index in [1.165, 1.54) is 32.4 Å². The van der Waals surface area contributed by atoms with Gasteiger partial charge in [-0.15, -0.1) is 0 Å². The summed E-state index contributed by atoms with van der Waals surface area (Å²) in [7, 11) is 4.28. The third-order valence-corrected chi connectivity index (χ3v) is 3.55. The van der Waals surface area contributed by atoms with Gasteiger partial charge in [0.15, 0.2) is 0 Å². The first-order valence-corrected chi connectivity index (χ1v) is 5.82. The highest BCUT2D eigenvalue weighted by molar-refractivity contribution is 5.12. The Balaban J connectivity index is 1.56. The SMILES string of the molecule is CN(C)CCCNC1CC2CC=CC21. The zero-order valence-corrected chi connectivity index (χ0v) is 9.37. The molecule has 0 aromatic heterocycles. The fraction of sp³-hybridized carbons (Fsp3) is 0.833. The Hall–Kier alpha value is -0.340. The molecule has 80 valence electrons. The van der Waals surface area contributed by atoms with Crippen LogP contribution in [0.1, 0.15) is 19.3 Å². The van der Waals surface area contributed by atoms with Crippen LogP contribution in [-0.4, -0.2) is 38.1 Å². The molecule has 1 saturated carbocycles. The van der Waals surface area contributed by atoms with E-state index in [9.17, 15) is 0 Å². The third kappa shape index (κ3) is 2.18. The maximum Gasteiger partial charge on any atom is 0.0136 e. The molecule has 0 amide bonds. The summed E-state index contributed by atoms with van der Waals surface area (Å²) < 4.78 is 0. The van der Waals surface area contributed by atoms with Crippen molar-refractivity contribution < 1.29 is 0 Å². The quantitative estimate of drug-likeness (QED) is 0.527. The Morgan fingerprint density at radius 2 is 2.29 bits per heavy atom. The molecule has 0 aromatic carbocycles. The van der Waals surface area contributed by atoms with Gasteiger partial charge in [0.25, 0.3) is 0 Å². The van der Waals surface area contributed by atoms with E-state index < -0.39 is 0 Å². The minimum absolute atomic E-state index is 0.793. The number of hydrogen-bond acceptors (Lipinski definition) is 2. The van der Waals surface area contributed by atoms with Crippen molar-refractivity contribution in [1.82, 2.24) is 10.2 Å². The fourth-order valence-electron chi connectivity index (χ4n) is 2.63. The predicted octanol–water partition coefficient (Wildman–Crippen LogP) is 1.49. The van der Waals surface area contributed by atoms with Crippen molar-refractivity contribution in [3.8, 4) is 0 Å². The lowest BCUT2D eigenvalue weighted by Gasteiger charge is -2.40. The molecule has 2 rings (SSSR count). The van der Waals surface area contributed by atoms with Gasteiger partial charge >= 0.3 is 0 Å². The van der Waals surface area contributed by atoms with Crippen LogP contribution in [0.2, 0.25) is 0 Å². The van der Waals surface area contributed by atoms with Gasteiger partial charge in [0.05, 0.1) is 0 Å². The summed E-state index contributed by atoms with van der Waals surface area (Å²) in [6.45, 7) is 2.38. The van der Waals surface area contributed by atoms with E-state index in [0.29, 0.717) is 0 Å². The van der Waals surface area contributed by atoms with E-state index >= 15 is 0 Å². The van der Waals surface area contributed by atoms with Gasteiger partial charge in [-0.25, -0.2) is 0 Å². The van der Waals surface area contributed by atoms with Crippen molar-refractivity contribution in [2.45, 2.75) is 25.3 Å². The molecule has 0 bridgehead atoms. The van der Waals surface area contributed by atoms with E-state index in [-0.39, 0.29) is 0 Å². The van der Waals surface area contributed by atoms with E-state index in [1.54, 1.807) is 0 Å². The monoisotopic (exact) mass is 194 g/mol. The Morgan fingerprint density at radius 1 is 1.43 bits per heavy atom. The largest absolute Gasteiger partial charge is 0.313 e. The van der Waals surface area contributed by atoms with Gasteiger partial charge in [0, 0.05) is 6.04 Å². The summed E-state index contributed by atoms with van der Waals surface area (Å²) in [5, 5.41) is 3.67. The van der Waals surface area contributed by atoms with E-state index in [2.05, 4.69) is 36.5 Å². The Morgan fingerprint density at radius 3 is 3.00 bits per heavy atom. The fourth-order valence-corrected chi connectivity index (χ4v) is 2.63. The molecule has 0 radical (unpaired) electrons. The number of rotatable bonds is 5. The van der Waals surface area contributed by atoms with Crippen LogP contribution in [0.5, 0.6) is 0 Å². The molecule has 14 heavy (non-hydrogen) atoms. The van der Waals surface area contributed by atoms with Crippen molar-refractivity contribution in [3.63, 3.8) is 0 Å². The molecule has 0 spiro atoms. The lowest BCUT2D eigenvalue weighted by atomic mass is 9.71. The molecule has 3 atom stereocenters. The molecule has 2 aliphatic rings. The molecule has 1 N–H and O–H groups in total. The molecule has 2 aliphatic carbocycles. The molecule has 0 saturated heterocycles. The molecular formula is C12H22N2. The standard InChI is InChI=1S/C12H22N2/c1-14(2)8-4-7-13-12-9-10-5-3-6-11(10)12/h3,6,10-13H,4-5,7-9H2,1-2H3. The van der Waals surface area contributed by atoms with Crippen molar-refractivity contribution in [3.05, 3.63) is 12.2 Å². The van der Waals surface area contributed by atoms with Crippen molar-refractivity contribution in [2.24, 2.45) is 11.8 Å². The topological polar surface area (TPSA) is 15.3 Å². The Kier molecular flexibility index (Phi) is 3.24. The highest BCUT2D eigenvalue weighted by Crippen LogP contribution is 2.42. The summed E-state index contributed by atoms with van der Waals surface area (Å²) in [5.74, 6) is 1.86. The number of allylic oxidation sites excluding steroid dienone is 1. The normalized spacial score (nSPS) is 34.6. The number of nitrogens with zero attached hydrogens (tertiary/aromatic N) is 1. The summed E-state index contributed by atoms with van der Waals surface area (Å²) in [6, 6.07) is 0.793. The van der Waals surface area contributed by atoms with Crippen LogP contribution in [0.4, 0.5) is 0 Å². The molecular weight excluding hydrogens is 172 g/mol. The van der Waals surface area contributed by atoms with Gasteiger partial charge in [0.1, 0.15) is 0 Å². The van der Waals surface area contributed by atoms with Crippen LogP contribution in [-0.2, 0) is 0 Å². The molecule has 0 heterocycles. The Labute approximate surface area is 87.4 Å². The molecule has 0 aromatic rings. The maximum absolute atomic E-state index is 3.67. The highest BCUT2D eigenvalue weighted by atomic mass is 15.1. The van der Waals surface area contributed by atoms with Gasteiger partial charge in [-0.1, -0.05) is 12.2 Å². The summed E-state index contributed by atoms with van der Waals surface area (Å²) in [4.78, 5) is 2.25. The highest BCUT2D eigenvalue weighted by Gasteiger charge is 2.40. The van der Waals surface area contributed by atoms with Gasteiger partial charge < -0.3 is 10.2 Å².